The van der Waals surface area contributed by atoms with E-state index in [0.29, 0.717) is 18.7 Å². The quantitative estimate of drug-likeness (QED) is 0.373. The van der Waals surface area contributed by atoms with Gasteiger partial charge in [-0.2, -0.15) is 0 Å². The van der Waals surface area contributed by atoms with Crippen LogP contribution in [-0.4, -0.2) is 40.4 Å². The molecule has 176 valence electrons. The molecular formula is C25H22FNO6S. The van der Waals surface area contributed by atoms with Crippen molar-refractivity contribution in [2.24, 2.45) is 0 Å². The molecule has 4 rings (SSSR count). The summed E-state index contributed by atoms with van der Waals surface area (Å²) in [6.07, 6.45) is 1.43. The molecule has 0 spiro atoms. The number of esters is 1. The van der Waals surface area contributed by atoms with Crippen molar-refractivity contribution < 1.29 is 31.9 Å². The molecule has 0 bridgehead atoms. The highest BCUT2D eigenvalue weighted by atomic mass is 32.2. The van der Waals surface area contributed by atoms with E-state index in [2.05, 4.69) is 0 Å². The molecule has 0 saturated carbocycles. The van der Waals surface area contributed by atoms with Crippen molar-refractivity contribution in [2.45, 2.75) is 17.7 Å². The summed E-state index contributed by atoms with van der Waals surface area (Å²) >= 11 is 0. The lowest BCUT2D eigenvalue weighted by Gasteiger charge is -2.30. The molecule has 0 N–H and O–H groups in total. The molecule has 7 nitrogen and oxygen atoms in total. The largest absolute Gasteiger partial charge is 0.495 e. The van der Waals surface area contributed by atoms with Gasteiger partial charge in [0.2, 0.25) is 0 Å². The molecular weight excluding hydrogens is 461 g/mol. The second-order valence-corrected chi connectivity index (χ2v) is 9.51. The minimum Gasteiger partial charge on any atom is -0.495 e. The fourth-order valence-corrected chi connectivity index (χ4v) is 5.53. The minimum absolute atomic E-state index is 0.0448. The van der Waals surface area contributed by atoms with Crippen LogP contribution < -0.4 is 9.04 Å². The number of halogens is 1. The molecule has 1 aliphatic heterocycles. The number of hydrogen-bond donors (Lipinski definition) is 0. The zero-order valence-corrected chi connectivity index (χ0v) is 19.2. The Morgan fingerprint density at radius 2 is 1.71 bits per heavy atom. The van der Waals surface area contributed by atoms with E-state index < -0.39 is 34.2 Å². The van der Waals surface area contributed by atoms with Crippen molar-refractivity contribution in [1.29, 1.82) is 0 Å². The first-order chi connectivity index (χ1) is 16.3. The highest BCUT2D eigenvalue weighted by molar-refractivity contribution is 7.93. The Morgan fingerprint density at radius 1 is 1.00 bits per heavy atom. The summed E-state index contributed by atoms with van der Waals surface area (Å²) in [5.74, 6) is -1.79. The van der Waals surface area contributed by atoms with Crippen molar-refractivity contribution in [3.8, 4) is 5.75 Å². The standard InChI is InChI=1S/C25H22FNO6S/c1-32-23-13-10-19(25(29)33-16-22(28)18-8-11-20(26)12-9-18)15-24(23)34(30,31)27-14-4-6-17-5-2-3-7-21(17)27/h2-3,5,7-13,15H,4,6,14,16H2,1H3. The highest BCUT2D eigenvalue weighted by Gasteiger charge is 2.32. The SMILES string of the molecule is COc1ccc(C(=O)OCC(=O)c2ccc(F)cc2)cc1S(=O)(=O)N1CCCc2ccccc21. The lowest BCUT2D eigenvalue weighted by molar-refractivity contribution is 0.0474. The molecule has 0 aliphatic carbocycles. The predicted molar refractivity (Wildman–Crippen MR) is 123 cm³/mol. The molecule has 0 unspecified atom stereocenters. The summed E-state index contributed by atoms with van der Waals surface area (Å²) in [6, 6.07) is 16.1. The molecule has 1 heterocycles. The summed E-state index contributed by atoms with van der Waals surface area (Å²) in [5, 5.41) is 0. The molecule has 1 aliphatic rings. The topological polar surface area (TPSA) is 90.0 Å². The van der Waals surface area contributed by atoms with Crippen LogP contribution in [0.1, 0.15) is 32.7 Å². The predicted octanol–water partition coefficient (Wildman–Crippen LogP) is 4.02. The van der Waals surface area contributed by atoms with Gasteiger partial charge in [-0.1, -0.05) is 18.2 Å². The number of carbonyl (C=O) groups is 2. The summed E-state index contributed by atoms with van der Waals surface area (Å²) < 4.78 is 51.9. The van der Waals surface area contributed by atoms with Gasteiger partial charge in [0.25, 0.3) is 10.0 Å². The maximum atomic E-state index is 13.6. The van der Waals surface area contributed by atoms with Crippen LogP contribution in [0, 0.1) is 5.82 Å². The molecule has 0 amide bonds. The molecule has 0 fully saturated rings. The number of benzene rings is 3. The van der Waals surface area contributed by atoms with E-state index in [1.165, 1.54) is 41.7 Å². The van der Waals surface area contributed by atoms with Crippen LogP contribution in [0.4, 0.5) is 10.1 Å². The molecule has 0 atom stereocenters. The fourth-order valence-electron chi connectivity index (χ4n) is 3.81. The first kappa shape index (κ1) is 23.4. The van der Waals surface area contributed by atoms with Gasteiger partial charge in [0.1, 0.15) is 16.5 Å². The second-order valence-electron chi connectivity index (χ2n) is 7.68. The molecule has 0 saturated heterocycles. The average molecular weight is 484 g/mol. The maximum Gasteiger partial charge on any atom is 0.338 e. The van der Waals surface area contributed by atoms with Gasteiger partial charge in [-0.3, -0.25) is 9.10 Å². The van der Waals surface area contributed by atoms with Crippen molar-refractivity contribution >= 4 is 27.5 Å². The molecule has 0 radical (unpaired) electrons. The van der Waals surface area contributed by atoms with E-state index in [0.717, 1.165) is 24.1 Å². The van der Waals surface area contributed by atoms with Crippen LogP contribution in [0.15, 0.2) is 71.6 Å². The first-order valence-corrected chi connectivity index (χ1v) is 12.0. The van der Waals surface area contributed by atoms with E-state index in [9.17, 15) is 22.4 Å². The lowest BCUT2D eigenvalue weighted by atomic mass is 10.0. The van der Waals surface area contributed by atoms with E-state index in [1.54, 1.807) is 12.1 Å². The van der Waals surface area contributed by atoms with Crippen molar-refractivity contribution in [3.63, 3.8) is 0 Å². The normalized spacial score (nSPS) is 13.2. The number of anilines is 1. The van der Waals surface area contributed by atoms with E-state index in [-0.39, 0.29) is 21.8 Å². The van der Waals surface area contributed by atoms with Crippen LogP contribution in [0.2, 0.25) is 0 Å². The summed E-state index contributed by atoms with van der Waals surface area (Å²) in [7, 11) is -2.71. The Balaban J connectivity index is 1.59. The third-order valence-electron chi connectivity index (χ3n) is 5.54. The Kier molecular flexibility index (Phi) is 6.65. The number of para-hydroxylation sites is 1. The van der Waals surface area contributed by atoms with Gasteiger partial charge >= 0.3 is 5.97 Å². The Hall–Kier alpha value is -3.72. The number of Topliss-reactive ketones (excluding diaryl/α,β-unsaturated/α-hetero) is 1. The second kappa shape index (κ2) is 9.64. The smallest absolute Gasteiger partial charge is 0.338 e. The molecule has 3 aromatic rings. The van der Waals surface area contributed by atoms with Gasteiger partial charge in [-0.05, 0) is 66.9 Å². The monoisotopic (exact) mass is 483 g/mol. The van der Waals surface area contributed by atoms with Crippen molar-refractivity contribution in [3.05, 3.63) is 89.2 Å². The van der Waals surface area contributed by atoms with Gasteiger partial charge in [0.15, 0.2) is 12.4 Å². The number of methoxy groups -OCH3 is 1. The number of aryl methyl sites for hydroxylation is 1. The number of hydrogen-bond acceptors (Lipinski definition) is 6. The number of rotatable bonds is 7. The third-order valence-corrected chi connectivity index (χ3v) is 7.37. The fraction of sp³-hybridized carbons (Fsp3) is 0.200. The van der Waals surface area contributed by atoms with Crippen LogP contribution >= 0.6 is 0 Å². The lowest BCUT2D eigenvalue weighted by Crippen LogP contribution is -2.35. The van der Waals surface area contributed by atoms with Gasteiger partial charge in [0.05, 0.1) is 18.4 Å². The summed E-state index contributed by atoms with van der Waals surface area (Å²) in [4.78, 5) is 24.6. The number of sulfonamides is 1. The van der Waals surface area contributed by atoms with E-state index in [4.69, 9.17) is 9.47 Å². The molecule has 9 heteroatoms. The minimum atomic E-state index is -4.05. The number of carbonyl (C=O) groups excluding carboxylic acids is 2. The maximum absolute atomic E-state index is 13.6. The summed E-state index contributed by atoms with van der Waals surface area (Å²) in [6.45, 7) is -0.276. The Labute approximate surface area is 196 Å². The zero-order chi connectivity index (χ0) is 24.3. The number of ketones is 1. The Bertz CT molecular complexity index is 1340. The van der Waals surface area contributed by atoms with E-state index in [1.807, 2.05) is 12.1 Å². The Morgan fingerprint density at radius 3 is 2.44 bits per heavy atom. The van der Waals surface area contributed by atoms with Gasteiger partial charge in [-0.15, -0.1) is 0 Å². The van der Waals surface area contributed by atoms with Crippen LogP contribution in [0.3, 0.4) is 0 Å². The van der Waals surface area contributed by atoms with Crippen LogP contribution in [-0.2, 0) is 21.2 Å². The molecule has 34 heavy (non-hydrogen) atoms. The third kappa shape index (κ3) is 4.65. The number of nitrogens with zero attached hydrogens (tertiary/aromatic N) is 1. The number of ether oxygens (including phenoxy) is 2. The van der Waals surface area contributed by atoms with E-state index >= 15 is 0 Å². The van der Waals surface area contributed by atoms with Crippen molar-refractivity contribution in [2.75, 3.05) is 24.6 Å². The highest BCUT2D eigenvalue weighted by Crippen LogP contribution is 2.35. The zero-order valence-electron chi connectivity index (χ0n) is 18.4. The summed E-state index contributed by atoms with van der Waals surface area (Å²) in [5.41, 5.74) is 1.66. The number of fused-ring (bicyclic) bond motifs is 1. The molecule has 0 aromatic heterocycles. The molecule has 3 aromatic carbocycles. The van der Waals surface area contributed by atoms with Crippen molar-refractivity contribution in [1.82, 2.24) is 0 Å². The van der Waals surface area contributed by atoms with Gasteiger partial charge in [-0.25, -0.2) is 17.6 Å². The van der Waals surface area contributed by atoms with Crippen LogP contribution in [0.25, 0.3) is 0 Å². The van der Waals surface area contributed by atoms with Gasteiger partial charge in [0, 0.05) is 12.1 Å². The first-order valence-electron chi connectivity index (χ1n) is 10.6. The average Bonchev–Trinajstić information content (AvgIpc) is 2.86. The van der Waals surface area contributed by atoms with Gasteiger partial charge < -0.3 is 9.47 Å². The van der Waals surface area contributed by atoms with Crippen LogP contribution in [0.5, 0.6) is 5.75 Å².